The summed E-state index contributed by atoms with van der Waals surface area (Å²) in [6.45, 7) is 2.79. The molecule has 0 radical (unpaired) electrons. The topological polar surface area (TPSA) is 98.8 Å². The minimum absolute atomic E-state index is 0.114. The Bertz CT molecular complexity index is 1750. The van der Waals surface area contributed by atoms with Crippen molar-refractivity contribution in [2.75, 3.05) is 27.9 Å². The molecule has 0 saturated carbocycles. The molecule has 1 saturated heterocycles. The van der Waals surface area contributed by atoms with E-state index < -0.39 is 23.9 Å². The molecule has 1 heterocycles. The molecule has 2 aliphatic rings. The number of esters is 2. The normalized spacial score (nSPS) is 19.1. The third-order valence-corrected chi connectivity index (χ3v) is 9.45. The van der Waals surface area contributed by atoms with Crippen LogP contribution in [0.5, 0.6) is 28.7 Å². The first-order valence-corrected chi connectivity index (χ1v) is 17.1. The van der Waals surface area contributed by atoms with Crippen LogP contribution in [0.2, 0.25) is 0 Å². The average Bonchev–Trinajstić information content (AvgIpc) is 3.53. The molecular weight excluding hydrogens is 636 g/mol. The van der Waals surface area contributed by atoms with E-state index in [2.05, 4.69) is 6.92 Å². The van der Waals surface area contributed by atoms with Gasteiger partial charge in [-0.2, -0.15) is 0 Å². The average molecular weight is 681 g/mol. The Morgan fingerprint density at radius 2 is 1.32 bits per heavy atom. The fraction of sp³-hybridized carbons (Fsp3) is 0.366. The molecule has 50 heavy (non-hydrogen) atoms. The Kier molecular flexibility index (Phi) is 11.1. The summed E-state index contributed by atoms with van der Waals surface area (Å²) in [5, 5.41) is 0. The molecule has 9 nitrogen and oxygen atoms in total. The second-order valence-electron chi connectivity index (χ2n) is 12.6. The maximum absolute atomic E-state index is 13.7. The van der Waals surface area contributed by atoms with Crippen molar-refractivity contribution in [3.63, 3.8) is 0 Å². The lowest BCUT2D eigenvalue weighted by Crippen LogP contribution is -2.36. The van der Waals surface area contributed by atoms with Gasteiger partial charge >= 0.3 is 11.9 Å². The van der Waals surface area contributed by atoms with E-state index >= 15 is 0 Å². The van der Waals surface area contributed by atoms with Crippen molar-refractivity contribution < 1.29 is 42.7 Å². The minimum Gasteiger partial charge on any atom is -0.493 e. The van der Waals surface area contributed by atoms with Crippen LogP contribution in [0, 0.1) is 11.8 Å². The molecule has 4 aromatic carbocycles. The molecule has 1 aliphatic carbocycles. The summed E-state index contributed by atoms with van der Waals surface area (Å²) >= 11 is 0. The van der Waals surface area contributed by atoms with Crippen LogP contribution in [0.15, 0.2) is 84.9 Å². The van der Waals surface area contributed by atoms with E-state index in [9.17, 15) is 9.59 Å². The van der Waals surface area contributed by atoms with Gasteiger partial charge in [0.2, 0.25) is 5.75 Å². The van der Waals surface area contributed by atoms with Crippen LogP contribution in [0.1, 0.15) is 72.4 Å². The van der Waals surface area contributed by atoms with Crippen molar-refractivity contribution in [3.8, 4) is 28.7 Å². The Hall–Kier alpha value is -5.18. The van der Waals surface area contributed by atoms with Crippen LogP contribution in [0.25, 0.3) is 0 Å². The van der Waals surface area contributed by atoms with Gasteiger partial charge in [0.1, 0.15) is 19.3 Å². The van der Waals surface area contributed by atoms with Crippen LogP contribution >= 0.6 is 0 Å². The largest absolute Gasteiger partial charge is 0.493 e. The summed E-state index contributed by atoms with van der Waals surface area (Å²) in [4.78, 5) is 27.0. The Morgan fingerprint density at radius 3 is 1.86 bits per heavy atom. The standard InChI is InChI=1S/C41H44O9/c1-5-6-9-18-36(42)50-39-30-22-33(48-24-27-16-12-8-13-17-27)32(47-23-26-14-10-7-11-15-26)21-29(30)37(38-31(39)25-49-41(38)43)28-19-34(44-2)40(46-4)35(20-28)45-3/h7-8,10-17,19-22,31,37-39H,5-6,9,18,23-25H2,1-4H3/t31-,37+,38-,39+/m0/s1. The molecule has 0 aromatic heterocycles. The fourth-order valence-corrected chi connectivity index (χ4v) is 6.98. The molecule has 1 aliphatic heterocycles. The van der Waals surface area contributed by atoms with Gasteiger partial charge in [0, 0.05) is 23.8 Å². The van der Waals surface area contributed by atoms with Gasteiger partial charge in [-0.15, -0.1) is 0 Å². The molecular formula is C41H44O9. The van der Waals surface area contributed by atoms with Crippen LogP contribution in [-0.4, -0.2) is 39.9 Å². The van der Waals surface area contributed by atoms with E-state index in [4.69, 9.17) is 33.2 Å². The van der Waals surface area contributed by atoms with Gasteiger partial charge in [0.25, 0.3) is 0 Å². The van der Waals surface area contributed by atoms with Gasteiger partial charge < -0.3 is 33.2 Å². The maximum atomic E-state index is 13.7. The zero-order valence-electron chi connectivity index (χ0n) is 29.0. The highest BCUT2D eigenvalue weighted by Gasteiger charge is 2.54. The zero-order chi connectivity index (χ0) is 35.0. The number of unbranched alkanes of at least 4 members (excludes halogenated alkanes) is 2. The van der Waals surface area contributed by atoms with Gasteiger partial charge in [-0.1, -0.05) is 80.4 Å². The molecule has 4 aromatic rings. The number of cyclic esters (lactones) is 1. The SMILES string of the molecule is CCCCCC(=O)O[C@@H]1c2cc(OCc3ccccc3)c(OCc3ccccc3)cc2[C@@H](c2cc(OC)c(OC)c(OC)c2)[C@H]2C(=O)OC[C@@H]21. The summed E-state index contributed by atoms with van der Waals surface area (Å²) in [5.41, 5.74) is 4.24. The van der Waals surface area contributed by atoms with E-state index in [-0.39, 0.29) is 25.0 Å². The van der Waals surface area contributed by atoms with E-state index in [1.54, 1.807) is 21.3 Å². The monoisotopic (exact) mass is 680 g/mol. The number of hydrogen-bond acceptors (Lipinski definition) is 9. The molecule has 0 bridgehead atoms. The first-order valence-electron chi connectivity index (χ1n) is 17.1. The Labute approximate surface area is 293 Å². The van der Waals surface area contributed by atoms with E-state index in [1.165, 1.54) is 0 Å². The van der Waals surface area contributed by atoms with E-state index in [0.717, 1.165) is 47.1 Å². The summed E-state index contributed by atoms with van der Waals surface area (Å²) in [6, 6.07) is 27.3. The lowest BCUT2D eigenvalue weighted by atomic mass is 9.66. The summed E-state index contributed by atoms with van der Waals surface area (Å²) in [7, 11) is 4.66. The second kappa shape index (κ2) is 16.0. The van der Waals surface area contributed by atoms with E-state index in [0.29, 0.717) is 42.0 Å². The number of ether oxygens (including phenoxy) is 7. The third kappa shape index (κ3) is 7.37. The van der Waals surface area contributed by atoms with E-state index in [1.807, 2.05) is 84.9 Å². The zero-order valence-corrected chi connectivity index (χ0v) is 29.0. The number of carbonyl (C=O) groups is 2. The van der Waals surface area contributed by atoms with Crippen molar-refractivity contribution in [1.29, 1.82) is 0 Å². The summed E-state index contributed by atoms with van der Waals surface area (Å²) in [6.07, 6.45) is 2.18. The molecule has 9 heteroatoms. The molecule has 4 atom stereocenters. The highest BCUT2D eigenvalue weighted by Crippen LogP contribution is 2.56. The number of carbonyl (C=O) groups excluding carboxylic acids is 2. The lowest BCUT2D eigenvalue weighted by Gasteiger charge is -2.39. The van der Waals surface area contributed by atoms with Gasteiger partial charge in [-0.05, 0) is 52.9 Å². The van der Waals surface area contributed by atoms with Gasteiger partial charge in [0.15, 0.2) is 23.0 Å². The quantitative estimate of drug-likeness (QED) is 0.0915. The van der Waals surface area contributed by atoms with Crippen molar-refractivity contribution in [2.45, 2.75) is 57.8 Å². The predicted octanol–water partition coefficient (Wildman–Crippen LogP) is 7.97. The highest BCUT2D eigenvalue weighted by atomic mass is 16.6. The van der Waals surface area contributed by atoms with Crippen molar-refractivity contribution >= 4 is 11.9 Å². The molecule has 0 amide bonds. The van der Waals surface area contributed by atoms with Crippen LogP contribution in [0.4, 0.5) is 0 Å². The first kappa shape index (κ1) is 34.7. The Morgan fingerprint density at radius 1 is 0.740 bits per heavy atom. The molecule has 0 unspecified atom stereocenters. The fourth-order valence-electron chi connectivity index (χ4n) is 6.98. The number of benzene rings is 4. The summed E-state index contributed by atoms with van der Waals surface area (Å²) < 4.78 is 42.1. The van der Waals surface area contributed by atoms with Crippen LogP contribution in [-0.2, 0) is 32.3 Å². The number of rotatable bonds is 15. The second-order valence-corrected chi connectivity index (χ2v) is 12.6. The van der Waals surface area contributed by atoms with Gasteiger partial charge in [-0.25, -0.2) is 0 Å². The van der Waals surface area contributed by atoms with Crippen molar-refractivity contribution in [3.05, 3.63) is 113 Å². The van der Waals surface area contributed by atoms with Crippen LogP contribution < -0.4 is 23.7 Å². The molecule has 6 rings (SSSR count). The predicted molar refractivity (Wildman–Crippen MR) is 187 cm³/mol. The molecule has 1 fully saturated rings. The smallest absolute Gasteiger partial charge is 0.310 e. The number of hydrogen-bond donors (Lipinski definition) is 0. The van der Waals surface area contributed by atoms with Gasteiger partial charge in [-0.3, -0.25) is 9.59 Å². The number of methoxy groups -OCH3 is 3. The van der Waals surface area contributed by atoms with Crippen molar-refractivity contribution in [2.24, 2.45) is 11.8 Å². The third-order valence-electron chi connectivity index (χ3n) is 9.45. The summed E-state index contributed by atoms with van der Waals surface area (Å²) in [5.74, 6) is 0.0772. The molecule has 0 spiro atoms. The van der Waals surface area contributed by atoms with Crippen molar-refractivity contribution in [1.82, 2.24) is 0 Å². The maximum Gasteiger partial charge on any atom is 0.310 e. The first-order chi connectivity index (χ1) is 24.4. The molecule has 0 N–H and O–H groups in total. The Balaban J connectivity index is 1.51. The van der Waals surface area contributed by atoms with Crippen LogP contribution in [0.3, 0.4) is 0 Å². The highest BCUT2D eigenvalue weighted by molar-refractivity contribution is 5.79. The lowest BCUT2D eigenvalue weighted by molar-refractivity contribution is -0.154. The van der Waals surface area contributed by atoms with Gasteiger partial charge in [0.05, 0.1) is 33.9 Å². The molecule has 262 valence electrons. The number of fused-ring (bicyclic) bond motifs is 2. The minimum atomic E-state index is -0.740.